The molecule has 0 aromatic heterocycles. The smallest absolute Gasteiger partial charge is 0.126 e. The summed E-state index contributed by atoms with van der Waals surface area (Å²) in [6, 6.07) is 11.3. The molecule has 23 heavy (non-hydrogen) atoms. The van der Waals surface area contributed by atoms with E-state index in [4.69, 9.17) is 17.3 Å². The van der Waals surface area contributed by atoms with Gasteiger partial charge in [-0.3, -0.25) is 0 Å². The quantitative estimate of drug-likeness (QED) is 0.801. The number of rotatable bonds is 3. The molecule has 0 spiro atoms. The molecular formula is C19H22ClFN2. The summed E-state index contributed by atoms with van der Waals surface area (Å²) in [6.07, 6.45) is 2.68. The second kappa shape index (κ2) is 6.79. The van der Waals surface area contributed by atoms with E-state index in [9.17, 15) is 4.39 Å². The molecule has 0 aliphatic carbocycles. The molecule has 2 N–H and O–H groups in total. The number of piperidine rings is 1. The number of anilines is 2. The lowest BCUT2D eigenvalue weighted by atomic mass is 9.88. The van der Waals surface area contributed by atoms with Gasteiger partial charge in [0.05, 0.1) is 16.4 Å². The molecule has 122 valence electrons. The first-order chi connectivity index (χ1) is 11.1. The Balaban J connectivity index is 1.74. The van der Waals surface area contributed by atoms with Crippen molar-refractivity contribution in [1.82, 2.24) is 0 Å². The van der Waals surface area contributed by atoms with Gasteiger partial charge in [-0.1, -0.05) is 36.7 Å². The molecule has 1 heterocycles. The van der Waals surface area contributed by atoms with Gasteiger partial charge < -0.3 is 10.6 Å². The molecule has 1 aliphatic heterocycles. The Labute approximate surface area is 142 Å². The van der Waals surface area contributed by atoms with Gasteiger partial charge in [0, 0.05) is 13.1 Å². The Bertz CT molecular complexity index is 674. The normalized spacial score (nSPS) is 15.9. The van der Waals surface area contributed by atoms with Crippen molar-refractivity contribution in [3.63, 3.8) is 0 Å². The van der Waals surface area contributed by atoms with E-state index >= 15 is 0 Å². The second-order valence-electron chi connectivity index (χ2n) is 6.15. The number of hydrogen-bond donors (Lipinski definition) is 1. The molecule has 2 aromatic carbocycles. The summed E-state index contributed by atoms with van der Waals surface area (Å²) in [5, 5.41) is 0.682. The maximum absolute atomic E-state index is 14.3. The largest absolute Gasteiger partial charge is 0.397 e. The third kappa shape index (κ3) is 3.30. The predicted molar refractivity (Wildman–Crippen MR) is 95.8 cm³/mol. The van der Waals surface area contributed by atoms with E-state index in [2.05, 4.69) is 4.90 Å². The van der Waals surface area contributed by atoms with Crippen molar-refractivity contribution in [1.29, 1.82) is 0 Å². The molecule has 0 bridgehead atoms. The molecule has 3 rings (SSSR count). The molecule has 0 unspecified atom stereocenters. The molecule has 2 nitrogen and oxygen atoms in total. The van der Waals surface area contributed by atoms with Crippen LogP contribution in [-0.4, -0.2) is 13.1 Å². The molecule has 0 amide bonds. The molecule has 2 aromatic rings. The number of aryl methyl sites for hydroxylation is 1. The van der Waals surface area contributed by atoms with Gasteiger partial charge in [-0.15, -0.1) is 0 Å². The number of nitrogens with two attached hydrogens (primary N) is 1. The third-order valence-electron chi connectivity index (χ3n) is 4.74. The third-order valence-corrected chi connectivity index (χ3v) is 5.05. The minimum absolute atomic E-state index is 0.0694. The summed E-state index contributed by atoms with van der Waals surface area (Å²) in [5.41, 5.74) is 9.57. The molecular weight excluding hydrogens is 311 g/mol. The minimum Gasteiger partial charge on any atom is -0.397 e. The highest BCUT2D eigenvalue weighted by molar-refractivity contribution is 6.34. The van der Waals surface area contributed by atoms with Crippen LogP contribution in [0.25, 0.3) is 0 Å². The van der Waals surface area contributed by atoms with Crippen molar-refractivity contribution < 1.29 is 4.39 Å². The van der Waals surface area contributed by atoms with Crippen molar-refractivity contribution in [2.45, 2.75) is 32.1 Å². The molecule has 0 saturated carbocycles. The first-order valence-corrected chi connectivity index (χ1v) is 8.55. The van der Waals surface area contributed by atoms with E-state index in [1.807, 2.05) is 37.3 Å². The van der Waals surface area contributed by atoms with Crippen molar-refractivity contribution in [2.75, 3.05) is 23.7 Å². The highest BCUT2D eigenvalue weighted by Crippen LogP contribution is 2.37. The molecule has 1 saturated heterocycles. The molecule has 0 radical (unpaired) electrons. The van der Waals surface area contributed by atoms with E-state index in [1.165, 1.54) is 0 Å². The van der Waals surface area contributed by atoms with Gasteiger partial charge in [-0.25, -0.2) is 4.39 Å². The Morgan fingerprint density at radius 3 is 2.57 bits per heavy atom. The van der Waals surface area contributed by atoms with Crippen molar-refractivity contribution in [3.05, 3.63) is 58.4 Å². The summed E-state index contributed by atoms with van der Waals surface area (Å²) in [7, 11) is 0. The molecule has 1 fully saturated rings. The average molecular weight is 333 g/mol. The lowest BCUT2D eigenvalue weighted by molar-refractivity contribution is 0.481. The van der Waals surface area contributed by atoms with Crippen LogP contribution < -0.4 is 10.6 Å². The highest BCUT2D eigenvalue weighted by Gasteiger charge is 2.25. The van der Waals surface area contributed by atoms with Gasteiger partial charge in [-0.05, 0) is 54.5 Å². The lowest BCUT2D eigenvalue weighted by Gasteiger charge is -2.35. The monoisotopic (exact) mass is 332 g/mol. The average Bonchev–Trinajstić information content (AvgIpc) is 2.55. The van der Waals surface area contributed by atoms with Crippen molar-refractivity contribution in [3.8, 4) is 0 Å². The standard InChI is InChI=1S/C19H22ClFN2/c1-2-13-6-7-15(17(21)12-13)14-8-10-23(11-9-14)19-16(20)4-3-5-18(19)22/h3-7,12,14H,2,8-11,22H2,1H3. The topological polar surface area (TPSA) is 29.3 Å². The van der Waals surface area contributed by atoms with Crippen molar-refractivity contribution in [2.24, 2.45) is 0 Å². The fraction of sp³-hybridized carbons (Fsp3) is 0.368. The number of para-hydroxylation sites is 1. The summed E-state index contributed by atoms with van der Waals surface area (Å²) < 4.78 is 14.3. The maximum Gasteiger partial charge on any atom is 0.126 e. The molecule has 0 atom stereocenters. The Morgan fingerprint density at radius 2 is 1.96 bits per heavy atom. The fourth-order valence-corrected chi connectivity index (χ4v) is 3.70. The van der Waals surface area contributed by atoms with Gasteiger partial charge in [0.2, 0.25) is 0 Å². The maximum atomic E-state index is 14.3. The Kier molecular flexibility index (Phi) is 4.76. The fourth-order valence-electron chi connectivity index (χ4n) is 3.40. The summed E-state index contributed by atoms with van der Waals surface area (Å²) >= 11 is 6.29. The van der Waals surface area contributed by atoms with E-state index in [0.717, 1.165) is 49.2 Å². The Hall–Kier alpha value is -1.74. The summed E-state index contributed by atoms with van der Waals surface area (Å²) in [4.78, 5) is 2.21. The van der Waals surface area contributed by atoms with Crippen LogP contribution in [0.2, 0.25) is 5.02 Å². The zero-order valence-electron chi connectivity index (χ0n) is 13.4. The second-order valence-corrected chi connectivity index (χ2v) is 6.56. The van der Waals surface area contributed by atoms with Crippen LogP contribution in [0.4, 0.5) is 15.8 Å². The Morgan fingerprint density at radius 1 is 1.22 bits per heavy atom. The number of benzene rings is 2. The van der Waals surface area contributed by atoms with E-state index in [1.54, 1.807) is 6.07 Å². The SMILES string of the molecule is CCc1ccc(C2CCN(c3c(N)cccc3Cl)CC2)c(F)c1. The summed E-state index contributed by atoms with van der Waals surface area (Å²) in [5.74, 6) is 0.195. The van der Waals surface area contributed by atoms with E-state index in [0.29, 0.717) is 10.7 Å². The molecule has 4 heteroatoms. The van der Waals surface area contributed by atoms with Crippen LogP contribution in [0.15, 0.2) is 36.4 Å². The van der Waals surface area contributed by atoms with Gasteiger partial charge in [0.25, 0.3) is 0 Å². The van der Waals surface area contributed by atoms with Gasteiger partial charge >= 0.3 is 0 Å². The number of nitrogen functional groups attached to an aromatic ring is 1. The zero-order chi connectivity index (χ0) is 16.4. The van der Waals surface area contributed by atoms with Crippen LogP contribution in [0.5, 0.6) is 0 Å². The van der Waals surface area contributed by atoms with Crippen LogP contribution in [0.3, 0.4) is 0 Å². The molecule has 1 aliphatic rings. The zero-order valence-corrected chi connectivity index (χ0v) is 14.1. The summed E-state index contributed by atoms with van der Waals surface area (Å²) in [6.45, 7) is 3.72. The van der Waals surface area contributed by atoms with Gasteiger partial charge in [-0.2, -0.15) is 0 Å². The first kappa shape index (κ1) is 16.1. The highest BCUT2D eigenvalue weighted by atomic mass is 35.5. The van der Waals surface area contributed by atoms with Gasteiger partial charge in [0.1, 0.15) is 5.82 Å². The van der Waals surface area contributed by atoms with E-state index in [-0.39, 0.29) is 11.7 Å². The van der Waals surface area contributed by atoms with E-state index < -0.39 is 0 Å². The lowest BCUT2D eigenvalue weighted by Crippen LogP contribution is -2.33. The minimum atomic E-state index is -0.0694. The van der Waals surface area contributed by atoms with Crippen LogP contribution >= 0.6 is 11.6 Å². The van der Waals surface area contributed by atoms with Crippen LogP contribution in [-0.2, 0) is 6.42 Å². The number of halogens is 2. The number of nitrogens with zero attached hydrogens (tertiary/aromatic N) is 1. The predicted octanol–water partition coefficient (Wildman–Crippen LogP) is 5.01. The number of hydrogen-bond acceptors (Lipinski definition) is 2. The van der Waals surface area contributed by atoms with Crippen molar-refractivity contribution >= 4 is 23.0 Å². The first-order valence-electron chi connectivity index (χ1n) is 8.17. The van der Waals surface area contributed by atoms with Crippen LogP contribution in [0.1, 0.15) is 36.8 Å². The van der Waals surface area contributed by atoms with Gasteiger partial charge in [0.15, 0.2) is 0 Å². The van der Waals surface area contributed by atoms with Crippen LogP contribution in [0, 0.1) is 5.82 Å².